The third-order valence-electron chi connectivity index (χ3n) is 2.50. The molecular formula is C13H13FN2. The normalized spacial score (nSPS) is 12.4. The number of nitrogens with two attached hydrogens (primary N) is 1. The molecule has 0 aliphatic rings. The Balaban J connectivity index is 2.08. The van der Waals surface area contributed by atoms with Crippen LogP contribution in [0.1, 0.15) is 17.2 Å². The van der Waals surface area contributed by atoms with Crippen LogP contribution >= 0.6 is 0 Å². The van der Waals surface area contributed by atoms with Crippen LogP contribution in [0.2, 0.25) is 0 Å². The summed E-state index contributed by atoms with van der Waals surface area (Å²) in [6.07, 6.45) is 4.14. The molecule has 0 fully saturated rings. The average molecular weight is 216 g/mol. The van der Waals surface area contributed by atoms with E-state index < -0.39 is 0 Å². The highest BCUT2D eigenvalue weighted by atomic mass is 19.1. The number of nitrogens with zero attached hydrogens (tertiary/aromatic N) is 1. The van der Waals surface area contributed by atoms with Gasteiger partial charge in [0.05, 0.1) is 0 Å². The van der Waals surface area contributed by atoms with Gasteiger partial charge in [-0.3, -0.25) is 4.98 Å². The molecule has 1 aromatic heterocycles. The molecule has 0 bridgehead atoms. The fourth-order valence-electron chi connectivity index (χ4n) is 1.60. The van der Waals surface area contributed by atoms with Gasteiger partial charge in [-0.2, -0.15) is 0 Å². The first-order chi connectivity index (χ1) is 7.75. The molecule has 2 aromatic rings. The van der Waals surface area contributed by atoms with Crippen LogP contribution in [0.3, 0.4) is 0 Å². The first-order valence-corrected chi connectivity index (χ1v) is 5.15. The van der Waals surface area contributed by atoms with Crippen molar-refractivity contribution in [2.24, 2.45) is 5.73 Å². The molecule has 1 heterocycles. The Bertz CT molecular complexity index is 439. The molecule has 3 heteroatoms. The van der Waals surface area contributed by atoms with Crippen molar-refractivity contribution in [3.8, 4) is 0 Å². The Morgan fingerprint density at radius 1 is 1.06 bits per heavy atom. The quantitative estimate of drug-likeness (QED) is 0.856. The highest BCUT2D eigenvalue weighted by Crippen LogP contribution is 2.15. The van der Waals surface area contributed by atoms with Crippen LogP contribution in [0.4, 0.5) is 4.39 Å². The van der Waals surface area contributed by atoms with Gasteiger partial charge in [0.1, 0.15) is 5.82 Å². The Morgan fingerprint density at radius 2 is 1.69 bits per heavy atom. The third kappa shape index (κ3) is 2.64. The van der Waals surface area contributed by atoms with E-state index in [-0.39, 0.29) is 11.9 Å². The SMILES string of the molecule is N[C@H](Cc1ccc(F)cc1)c1ccncc1. The standard InChI is InChI=1S/C13H13FN2/c14-12-3-1-10(2-4-12)9-13(15)11-5-7-16-8-6-11/h1-8,13H,9,15H2/t13-/m1/s1. The molecule has 0 unspecified atom stereocenters. The van der Waals surface area contributed by atoms with Gasteiger partial charge < -0.3 is 5.73 Å². The van der Waals surface area contributed by atoms with Gasteiger partial charge in [-0.05, 0) is 41.8 Å². The van der Waals surface area contributed by atoms with E-state index in [2.05, 4.69) is 4.98 Å². The third-order valence-corrected chi connectivity index (χ3v) is 2.50. The maximum absolute atomic E-state index is 12.7. The predicted molar refractivity (Wildman–Crippen MR) is 61.3 cm³/mol. The minimum Gasteiger partial charge on any atom is -0.324 e. The zero-order chi connectivity index (χ0) is 11.4. The lowest BCUT2D eigenvalue weighted by atomic mass is 10.0. The Morgan fingerprint density at radius 3 is 2.31 bits per heavy atom. The predicted octanol–water partition coefficient (Wildman–Crippen LogP) is 2.46. The van der Waals surface area contributed by atoms with E-state index in [1.165, 1.54) is 12.1 Å². The summed E-state index contributed by atoms with van der Waals surface area (Å²) in [7, 11) is 0. The van der Waals surface area contributed by atoms with E-state index in [0.717, 1.165) is 11.1 Å². The van der Waals surface area contributed by atoms with Gasteiger partial charge in [0.15, 0.2) is 0 Å². The van der Waals surface area contributed by atoms with Crippen LogP contribution in [0.15, 0.2) is 48.8 Å². The lowest BCUT2D eigenvalue weighted by Crippen LogP contribution is -2.13. The number of rotatable bonds is 3. The first-order valence-electron chi connectivity index (χ1n) is 5.15. The molecule has 2 N–H and O–H groups in total. The van der Waals surface area contributed by atoms with E-state index in [1.807, 2.05) is 12.1 Å². The molecule has 0 aliphatic heterocycles. The molecule has 2 rings (SSSR count). The van der Waals surface area contributed by atoms with Crippen molar-refractivity contribution in [1.29, 1.82) is 0 Å². The van der Waals surface area contributed by atoms with Gasteiger partial charge in [0, 0.05) is 18.4 Å². The zero-order valence-electron chi connectivity index (χ0n) is 8.81. The van der Waals surface area contributed by atoms with Crippen molar-refractivity contribution < 1.29 is 4.39 Å². The summed E-state index contributed by atoms with van der Waals surface area (Å²) in [4.78, 5) is 3.94. The van der Waals surface area contributed by atoms with Gasteiger partial charge in [0.25, 0.3) is 0 Å². The molecule has 0 aliphatic carbocycles. The van der Waals surface area contributed by atoms with Crippen LogP contribution in [0, 0.1) is 5.82 Å². The number of hydrogen-bond donors (Lipinski definition) is 1. The number of benzene rings is 1. The highest BCUT2D eigenvalue weighted by molar-refractivity contribution is 5.21. The molecule has 16 heavy (non-hydrogen) atoms. The van der Waals surface area contributed by atoms with Crippen molar-refractivity contribution in [3.63, 3.8) is 0 Å². The molecule has 0 radical (unpaired) electrons. The Hall–Kier alpha value is -1.74. The minimum atomic E-state index is -0.221. The maximum Gasteiger partial charge on any atom is 0.123 e. The molecular weight excluding hydrogens is 203 g/mol. The summed E-state index contributed by atoms with van der Waals surface area (Å²) in [5.74, 6) is -0.221. The molecule has 0 spiro atoms. The average Bonchev–Trinajstić information content (AvgIpc) is 2.33. The van der Waals surface area contributed by atoms with Crippen LogP contribution in [-0.2, 0) is 6.42 Å². The molecule has 0 amide bonds. The molecule has 0 saturated heterocycles. The zero-order valence-corrected chi connectivity index (χ0v) is 8.81. The summed E-state index contributed by atoms with van der Waals surface area (Å²) in [6, 6.07) is 10.1. The van der Waals surface area contributed by atoms with Crippen LogP contribution in [0.5, 0.6) is 0 Å². The summed E-state index contributed by atoms with van der Waals surface area (Å²) in [5, 5.41) is 0. The summed E-state index contributed by atoms with van der Waals surface area (Å²) >= 11 is 0. The smallest absolute Gasteiger partial charge is 0.123 e. The van der Waals surface area contributed by atoms with E-state index in [0.29, 0.717) is 6.42 Å². The molecule has 2 nitrogen and oxygen atoms in total. The van der Waals surface area contributed by atoms with Crippen molar-refractivity contribution in [3.05, 3.63) is 65.7 Å². The summed E-state index contributed by atoms with van der Waals surface area (Å²) in [6.45, 7) is 0. The summed E-state index contributed by atoms with van der Waals surface area (Å²) in [5.41, 5.74) is 8.12. The molecule has 1 atom stereocenters. The largest absolute Gasteiger partial charge is 0.324 e. The van der Waals surface area contributed by atoms with Crippen molar-refractivity contribution >= 4 is 0 Å². The van der Waals surface area contributed by atoms with E-state index in [1.54, 1.807) is 24.5 Å². The van der Waals surface area contributed by atoms with E-state index in [9.17, 15) is 4.39 Å². The fourth-order valence-corrected chi connectivity index (χ4v) is 1.60. The number of pyridine rings is 1. The number of halogens is 1. The highest BCUT2D eigenvalue weighted by Gasteiger charge is 2.06. The van der Waals surface area contributed by atoms with Gasteiger partial charge in [-0.25, -0.2) is 4.39 Å². The fraction of sp³-hybridized carbons (Fsp3) is 0.154. The van der Waals surface area contributed by atoms with Crippen molar-refractivity contribution in [2.75, 3.05) is 0 Å². The maximum atomic E-state index is 12.7. The molecule has 0 saturated carbocycles. The van der Waals surface area contributed by atoms with E-state index in [4.69, 9.17) is 5.73 Å². The van der Waals surface area contributed by atoms with Gasteiger partial charge in [-0.1, -0.05) is 12.1 Å². The number of aromatic nitrogens is 1. The van der Waals surface area contributed by atoms with Gasteiger partial charge in [0.2, 0.25) is 0 Å². The monoisotopic (exact) mass is 216 g/mol. The molecule has 1 aromatic carbocycles. The first kappa shape index (κ1) is 10.8. The molecule has 82 valence electrons. The lowest BCUT2D eigenvalue weighted by molar-refractivity contribution is 0.625. The van der Waals surface area contributed by atoms with E-state index >= 15 is 0 Å². The second-order valence-electron chi connectivity index (χ2n) is 3.72. The topological polar surface area (TPSA) is 38.9 Å². The minimum absolute atomic E-state index is 0.0755. The van der Waals surface area contributed by atoms with Crippen molar-refractivity contribution in [2.45, 2.75) is 12.5 Å². The second-order valence-corrected chi connectivity index (χ2v) is 3.72. The van der Waals surface area contributed by atoms with Gasteiger partial charge in [-0.15, -0.1) is 0 Å². The van der Waals surface area contributed by atoms with Crippen LogP contribution in [-0.4, -0.2) is 4.98 Å². The Labute approximate surface area is 93.9 Å². The number of hydrogen-bond acceptors (Lipinski definition) is 2. The van der Waals surface area contributed by atoms with Crippen LogP contribution < -0.4 is 5.73 Å². The van der Waals surface area contributed by atoms with Gasteiger partial charge >= 0.3 is 0 Å². The Kier molecular flexibility index (Phi) is 3.27. The summed E-state index contributed by atoms with van der Waals surface area (Å²) < 4.78 is 12.7. The second kappa shape index (κ2) is 4.86. The lowest BCUT2D eigenvalue weighted by Gasteiger charge is -2.11. The van der Waals surface area contributed by atoms with Crippen LogP contribution in [0.25, 0.3) is 0 Å². The van der Waals surface area contributed by atoms with Crippen molar-refractivity contribution in [1.82, 2.24) is 4.98 Å².